The van der Waals surface area contributed by atoms with E-state index in [0.717, 1.165) is 24.3 Å². The molecule has 1 N–H and O–H groups in total. The molecule has 16 heavy (non-hydrogen) atoms. The predicted octanol–water partition coefficient (Wildman–Crippen LogP) is 1.86. The minimum absolute atomic E-state index is 0.0920. The Morgan fingerprint density at radius 3 is 2.94 bits per heavy atom. The topological polar surface area (TPSA) is 55.8 Å². The van der Waals surface area contributed by atoms with Gasteiger partial charge in [-0.25, -0.2) is 4.79 Å². The number of benzene rings is 1. The standard InChI is InChI=1S/C12H14O4/c1-8-6-9(12(13)14)2-3-11(8)16-10-4-5-15-7-10/h2-3,6,10H,4-5,7H2,1H3,(H,13,14). The molecule has 0 aliphatic carbocycles. The Morgan fingerprint density at radius 1 is 1.56 bits per heavy atom. The zero-order chi connectivity index (χ0) is 11.5. The average molecular weight is 222 g/mol. The minimum atomic E-state index is -0.918. The van der Waals surface area contributed by atoms with Crippen LogP contribution in [-0.4, -0.2) is 30.4 Å². The van der Waals surface area contributed by atoms with Crippen molar-refractivity contribution >= 4 is 5.97 Å². The SMILES string of the molecule is Cc1cc(C(=O)O)ccc1OC1CCOC1. The molecule has 1 fully saturated rings. The third-order valence-electron chi connectivity index (χ3n) is 2.60. The molecule has 1 saturated heterocycles. The number of carboxylic acid groups (broad SMARTS) is 1. The van der Waals surface area contributed by atoms with Gasteiger partial charge in [-0.1, -0.05) is 0 Å². The van der Waals surface area contributed by atoms with Crippen LogP contribution in [0.1, 0.15) is 22.3 Å². The fourth-order valence-corrected chi connectivity index (χ4v) is 1.70. The summed E-state index contributed by atoms with van der Waals surface area (Å²) in [5.41, 5.74) is 1.12. The first-order valence-corrected chi connectivity index (χ1v) is 5.25. The van der Waals surface area contributed by atoms with Crippen LogP contribution in [-0.2, 0) is 4.74 Å². The first-order chi connectivity index (χ1) is 7.66. The molecular formula is C12H14O4. The Hall–Kier alpha value is -1.55. The van der Waals surface area contributed by atoms with E-state index < -0.39 is 5.97 Å². The summed E-state index contributed by atoms with van der Waals surface area (Å²) in [5.74, 6) is -0.181. The van der Waals surface area contributed by atoms with Gasteiger partial charge in [-0.3, -0.25) is 0 Å². The van der Waals surface area contributed by atoms with Crippen LogP contribution in [0.2, 0.25) is 0 Å². The molecule has 0 saturated carbocycles. The van der Waals surface area contributed by atoms with Crippen molar-refractivity contribution in [3.63, 3.8) is 0 Å². The summed E-state index contributed by atoms with van der Waals surface area (Å²) in [6.45, 7) is 3.19. The molecule has 0 spiro atoms. The van der Waals surface area contributed by atoms with Crippen LogP contribution in [0, 0.1) is 6.92 Å². The quantitative estimate of drug-likeness (QED) is 0.848. The molecule has 0 bridgehead atoms. The third kappa shape index (κ3) is 2.33. The third-order valence-corrected chi connectivity index (χ3v) is 2.60. The Labute approximate surface area is 93.8 Å². The van der Waals surface area contributed by atoms with Gasteiger partial charge in [0.05, 0.1) is 18.8 Å². The number of ether oxygens (including phenoxy) is 2. The van der Waals surface area contributed by atoms with Crippen molar-refractivity contribution in [3.05, 3.63) is 29.3 Å². The number of carbonyl (C=O) groups is 1. The van der Waals surface area contributed by atoms with Crippen molar-refractivity contribution in [2.75, 3.05) is 13.2 Å². The second-order valence-electron chi connectivity index (χ2n) is 3.89. The van der Waals surface area contributed by atoms with Crippen molar-refractivity contribution < 1.29 is 19.4 Å². The van der Waals surface area contributed by atoms with Crippen LogP contribution in [0.5, 0.6) is 5.75 Å². The molecule has 4 heteroatoms. The van der Waals surface area contributed by atoms with E-state index in [0.29, 0.717) is 6.61 Å². The average Bonchev–Trinajstić information content (AvgIpc) is 2.73. The van der Waals surface area contributed by atoms with Crippen LogP contribution >= 0.6 is 0 Å². The normalized spacial score (nSPS) is 19.7. The van der Waals surface area contributed by atoms with E-state index in [1.807, 2.05) is 6.92 Å². The van der Waals surface area contributed by atoms with Gasteiger partial charge in [0.2, 0.25) is 0 Å². The Kier molecular flexibility index (Phi) is 3.10. The van der Waals surface area contributed by atoms with Crippen LogP contribution in [0.15, 0.2) is 18.2 Å². The van der Waals surface area contributed by atoms with Crippen molar-refractivity contribution in [3.8, 4) is 5.75 Å². The predicted molar refractivity (Wildman–Crippen MR) is 58.0 cm³/mol. The van der Waals surface area contributed by atoms with Gasteiger partial charge in [0.1, 0.15) is 11.9 Å². The van der Waals surface area contributed by atoms with Gasteiger partial charge in [0.25, 0.3) is 0 Å². The van der Waals surface area contributed by atoms with E-state index in [1.165, 1.54) is 0 Å². The minimum Gasteiger partial charge on any atom is -0.488 e. The molecule has 1 aliphatic heterocycles. The van der Waals surface area contributed by atoms with E-state index in [9.17, 15) is 4.79 Å². The lowest BCUT2D eigenvalue weighted by molar-refractivity contribution is 0.0696. The molecule has 2 rings (SSSR count). The van der Waals surface area contributed by atoms with E-state index >= 15 is 0 Å². The van der Waals surface area contributed by atoms with Crippen molar-refractivity contribution in [1.29, 1.82) is 0 Å². The van der Waals surface area contributed by atoms with Crippen LogP contribution < -0.4 is 4.74 Å². The highest BCUT2D eigenvalue weighted by Crippen LogP contribution is 2.22. The zero-order valence-corrected chi connectivity index (χ0v) is 9.10. The zero-order valence-electron chi connectivity index (χ0n) is 9.10. The maximum Gasteiger partial charge on any atom is 0.335 e. The molecule has 86 valence electrons. The summed E-state index contributed by atoms with van der Waals surface area (Å²) in [5, 5.41) is 8.82. The summed E-state index contributed by atoms with van der Waals surface area (Å²) in [6, 6.07) is 4.88. The van der Waals surface area contributed by atoms with Gasteiger partial charge in [-0.15, -0.1) is 0 Å². The first kappa shape index (κ1) is 11.0. The van der Waals surface area contributed by atoms with E-state index in [4.69, 9.17) is 14.6 Å². The van der Waals surface area contributed by atoms with Gasteiger partial charge in [0, 0.05) is 6.42 Å². The summed E-state index contributed by atoms with van der Waals surface area (Å²) in [6.07, 6.45) is 0.981. The number of carboxylic acids is 1. The van der Waals surface area contributed by atoms with Gasteiger partial charge in [0.15, 0.2) is 0 Å². The molecule has 1 heterocycles. The van der Waals surface area contributed by atoms with E-state index in [2.05, 4.69) is 0 Å². The number of aromatic carboxylic acids is 1. The summed E-state index contributed by atoms with van der Waals surface area (Å²) < 4.78 is 10.9. The molecule has 1 aromatic carbocycles. The lowest BCUT2D eigenvalue weighted by atomic mass is 10.1. The second-order valence-corrected chi connectivity index (χ2v) is 3.89. The Bertz CT molecular complexity index is 394. The summed E-state index contributed by atoms with van der Waals surface area (Å²) in [7, 11) is 0. The lowest BCUT2D eigenvalue weighted by Crippen LogP contribution is -2.16. The molecular weight excluding hydrogens is 208 g/mol. The fraction of sp³-hybridized carbons (Fsp3) is 0.417. The monoisotopic (exact) mass is 222 g/mol. The van der Waals surface area contributed by atoms with Gasteiger partial charge in [-0.2, -0.15) is 0 Å². The maximum atomic E-state index is 10.7. The number of rotatable bonds is 3. The molecule has 0 aromatic heterocycles. The molecule has 0 radical (unpaired) electrons. The summed E-state index contributed by atoms with van der Waals surface area (Å²) >= 11 is 0. The lowest BCUT2D eigenvalue weighted by Gasteiger charge is -2.14. The second kappa shape index (κ2) is 4.53. The van der Waals surface area contributed by atoms with E-state index in [1.54, 1.807) is 18.2 Å². The molecule has 4 nitrogen and oxygen atoms in total. The molecule has 1 atom stereocenters. The van der Waals surface area contributed by atoms with Gasteiger partial charge in [-0.05, 0) is 30.7 Å². The molecule has 1 unspecified atom stereocenters. The highest BCUT2D eigenvalue weighted by Gasteiger charge is 2.18. The van der Waals surface area contributed by atoms with Crippen LogP contribution in [0.4, 0.5) is 0 Å². The van der Waals surface area contributed by atoms with Crippen LogP contribution in [0.25, 0.3) is 0 Å². The maximum absolute atomic E-state index is 10.7. The molecule has 1 aromatic rings. The first-order valence-electron chi connectivity index (χ1n) is 5.25. The number of aryl methyl sites for hydroxylation is 1. The van der Waals surface area contributed by atoms with Gasteiger partial charge >= 0.3 is 5.97 Å². The smallest absolute Gasteiger partial charge is 0.335 e. The number of hydrogen-bond donors (Lipinski definition) is 1. The Balaban J connectivity index is 2.12. The van der Waals surface area contributed by atoms with Crippen molar-refractivity contribution in [2.24, 2.45) is 0 Å². The largest absolute Gasteiger partial charge is 0.488 e. The molecule has 1 aliphatic rings. The van der Waals surface area contributed by atoms with Crippen molar-refractivity contribution in [1.82, 2.24) is 0 Å². The highest BCUT2D eigenvalue weighted by atomic mass is 16.5. The highest BCUT2D eigenvalue weighted by molar-refractivity contribution is 5.88. The fourth-order valence-electron chi connectivity index (χ4n) is 1.70. The van der Waals surface area contributed by atoms with E-state index in [-0.39, 0.29) is 11.7 Å². The number of hydrogen-bond acceptors (Lipinski definition) is 3. The van der Waals surface area contributed by atoms with Gasteiger partial charge < -0.3 is 14.6 Å². The Morgan fingerprint density at radius 2 is 2.38 bits per heavy atom. The summed E-state index contributed by atoms with van der Waals surface area (Å²) in [4.78, 5) is 10.7. The van der Waals surface area contributed by atoms with Crippen molar-refractivity contribution in [2.45, 2.75) is 19.4 Å². The van der Waals surface area contributed by atoms with Crippen LogP contribution in [0.3, 0.4) is 0 Å². The molecule has 0 amide bonds.